The summed E-state index contributed by atoms with van der Waals surface area (Å²) in [5.41, 5.74) is 1.47. The molecule has 2 fully saturated rings. The van der Waals surface area contributed by atoms with Gasteiger partial charge in [-0.25, -0.2) is 4.79 Å². The highest BCUT2D eigenvalue weighted by Gasteiger charge is 2.45. The molecule has 2 heterocycles. The summed E-state index contributed by atoms with van der Waals surface area (Å²) in [5, 5.41) is 0.405. The Morgan fingerprint density at radius 2 is 1.50 bits per heavy atom. The van der Waals surface area contributed by atoms with E-state index in [-0.39, 0.29) is 34.6 Å². The third-order valence-electron chi connectivity index (χ3n) is 4.70. The lowest BCUT2D eigenvalue weighted by atomic mass is 9.83. The minimum Gasteiger partial charge on any atom is -0.268 e. The van der Waals surface area contributed by atoms with Crippen molar-refractivity contribution in [3.05, 3.63) is 33.6 Å². The maximum absolute atomic E-state index is 12.8. The second kappa shape index (κ2) is 6.93. The summed E-state index contributed by atoms with van der Waals surface area (Å²) >= 11 is 3.12. The number of allylic oxidation sites excluding steroid dienone is 2. The molecule has 0 bridgehead atoms. The summed E-state index contributed by atoms with van der Waals surface area (Å²) in [6, 6.07) is -0.519. The Kier molecular flexibility index (Phi) is 5.14. The zero-order valence-corrected chi connectivity index (χ0v) is 17.4. The number of imide groups is 2. The summed E-state index contributed by atoms with van der Waals surface area (Å²) in [6.07, 6.45) is 6.55. The number of carbonyl (C=O) groups is 3. The molecule has 7 heteroatoms. The van der Waals surface area contributed by atoms with Crippen LogP contribution >= 0.6 is 23.5 Å². The van der Waals surface area contributed by atoms with Gasteiger partial charge in [-0.3, -0.25) is 19.4 Å². The van der Waals surface area contributed by atoms with E-state index >= 15 is 0 Å². The van der Waals surface area contributed by atoms with Crippen LogP contribution in [0.5, 0.6) is 0 Å². The first-order valence-electron chi connectivity index (χ1n) is 8.84. The number of hydrogen-bond donors (Lipinski definition) is 0. The Morgan fingerprint density at radius 1 is 0.962 bits per heavy atom. The number of thioether (sulfide) groups is 2. The van der Waals surface area contributed by atoms with Crippen LogP contribution in [0.2, 0.25) is 0 Å². The van der Waals surface area contributed by atoms with Crippen molar-refractivity contribution in [2.45, 2.75) is 45.1 Å². The lowest BCUT2D eigenvalue weighted by Gasteiger charge is -2.33. The number of amides is 4. The molecule has 0 aromatic heterocycles. The van der Waals surface area contributed by atoms with Gasteiger partial charge in [0.1, 0.15) is 5.57 Å². The van der Waals surface area contributed by atoms with Crippen molar-refractivity contribution in [2.75, 3.05) is 13.1 Å². The molecule has 3 aliphatic rings. The van der Waals surface area contributed by atoms with Gasteiger partial charge in [-0.1, -0.05) is 39.0 Å². The number of barbiturate groups is 1. The minimum atomic E-state index is -0.519. The molecule has 0 aromatic carbocycles. The molecule has 0 spiro atoms. The predicted octanol–water partition coefficient (Wildman–Crippen LogP) is 3.79. The highest BCUT2D eigenvalue weighted by Crippen LogP contribution is 2.52. The fraction of sp³-hybridized carbons (Fsp3) is 0.526. The summed E-state index contributed by atoms with van der Waals surface area (Å²) in [7, 11) is 0. The number of fused-ring (bicyclic) bond motifs is 1. The fourth-order valence-electron chi connectivity index (χ4n) is 3.15. The van der Waals surface area contributed by atoms with Crippen LogP contribution < -0.4 is 0 Å². The number of urea groups is 1. The van der Waals surface area contributed by atoms with Crippen molar-refractivity contribution >= 4 is 41.4 Å². The molecule has 140 valence electrons. The van der Waals surface area contributed by atoms with E-state index in [1.165, 1.54) is 5.57 Å². The molecule has 26 heavy (non-hydrogen) atoms. The molecular weight excluding hydrogens is 368 g/mol. The zero-order valence-electron chi connectivity index (χ0n) is 15.7. The van der Waals surface area contributed by atoms with Gasteiger partial charge in [0.2, 0.25) is 0 Å². The second-order valence-electron chi connectivity index (χ2n) is 7.44. The number of likely N-dealkylation sites (N-methyl/N-ethyl adjacent to an activating group) is 2. The SMILES string of the molecule is CCN1C(=O)C(=C2SC3C=CC(C(C)(C)C)=CC3S2)C(=O)N(CC)C1=O. The first-order valence-corrected chi connectivity index (χ1v) is 10.6. The summed E-state index contributed by atoms with van der Waals surface area (Å²) < 4.78 is 0.732. The first-order chi connectivity index (χ1) is 12.2. The highest BCUT2D eigenvalue weighted by molar-refractivity contribution is 8.26. The van der Waals surface area contributed by atoms with Gasteiger partial charge in [-0.2, -0.15) is 0 Å². The van der Waals surface area contributed by atoms with Crippen molar-refractivity contribution in [2.24, 2.45) is 5.41 Å². The molecular formula is C19H24N2O3S2. The van der Waals surface area contributed by atoms with Gasteiger partial charge in [0, 0.05) is 23.6 Å². The maximum atomic E-state index is 12.8. The molecule has 1 aliphatic carbocycles. The Morgan fingerprint density at radius 3 is 2.00 bits per heavy atom. The van der Waals surface area contributed by atoms with E-state index in [0.29, 0.717) is 0 Å². The van der Waals surface area contributed by atoms with Gasteiger partial charge in [0.25, 0.3) is 11.8 Å². The summed E-state index contributed by atoms with van der Waals surface area (Å²) in [4.78, 5) is 40.2. The Labute approximate surface area is 162 Å². The molecule has 0 radical (unpaired) electrons. The number of carbonyl (C=O) groups excluding carboxylic acids is 3. The predicted molar refractivity (Wildman–Crippen MR) is 107 cm³/mol. The minimum absolute atomic E-state index is 0.0590. The van der Waals surface area contributed by atoms with Crippen LogP contribution in [0.1, 0.15) is 34.6 Å². The van der Waals surface area contributed by atoms with Crippen molar-refractivity contribution in [1.82, 2.24) is 9.80 Å². The van der Waals surface area contributed by atoms with Gasteiger partial charge in [0.05, 0.1) is 4.24 Å². The van der Waals surface area contributed by atoms with Crippen LogP contribution in [-0.2, 0) is 9.59 Å². The molecule has 2 atom stereocenters. The van der Waals surface area contributed by atoms with Gasteiger partial charge >= 0.3 is 6.03 Å². The smallest absolute Gasteiger partial charge is 0.268 e. The average Bonchev–Trinajstić information content (AvgIpc) is 2.97. The Bertz CT molecular complexity index is 733. The first kappa shape index (κ1) is 19.3. The van der Waals surface area contributed by atoms with Crippen LogP contribution in [0.3, 0.4) is 0 Å². The lowest BCUT2D eigenvalue weighted by molar-refractivity contribution is -0.135. The quantitative estimate of drug-likeness (QED) is 0.529. The second-order valence-corrected chi connectivity index (χ2v) is 10.1. The molecule has 5 nitrogen and oxygen atoms in total. The zero-order chi connectivity index (χ0) is 19.2. The van der Waals surface area contributed by atoms with E-state index in [2.05, 4.69) is 39.0 Å². The van der Waals surface area contributed by atoms with Crippen molar-refractivity contribution in [1.29, 1.82) is 0 Å². The van der Waals surface area contributed by atoms with Gasteiger partial charge in [-0.15, -0.1) is 23.5 Å². The van der Waals surface area contributed by atoms with Crippen LogP contribution in [0.4, 0.5) is 4.79 Å². The van der Waals surface area contributed by atoms with Gasteiger partial charge < -0.3 is 0 Å². The van der Waals surface area contributed by atoms with E-state index in [1.807, 2.05) is 0 Å². The van der Waals surface area contributed by atoms with Crippen molar-refractivity contribution in [3.8, 4) is 0 Å². The van der Waals surface area contributed by atoms with Gasteiger partial charge in [-0.05, 0) is 24.8 Å². The van der Waals surface area contributed by atoms with Crippen LogP contribution in [0.15, 0.2) is 33.6 Å². The van der Waals surface area contributed by atoms with Crippen LogP contribution in [0, 0.1) is 5.41 Å². The maximum Gasteiger partial charge on any atom is 0.333 e. The summed E-state index contributed by atoms with van der Waals surface area (Å²) in [6.45, 7) is 10.5. The highest BCUT2D eigenvalue weighted by atomic mass is 32.2. The standard InChI is InChI=1S/C19H24N2O3S2/c1-6-20-15(22)14(16(23)21(7-2)18(20)24)17-25-12-9-8-11(19(3,4)5)10-13(12)26-17/h8-10,12-13H,6-7H2,1-5H3. The molecule has 2 saturated heterocycles. The van der Waals surface area contributed by atoms with E-state index in [4.69, 9.17) is 0 Å². The van der Waals surface area contributed by atoms with E-state index in [9.17, 15) is 14.4 Å². The van der Waals surface area contributed by atoms with Crippen LogP contribution in [0.25, 0.3) is 0 Å². The molecule has 0 saturated carbocycles. The monoisotopic (exact) mass is 392 g/mol. The molecule has 2 aliphatic heterocycles. The van der Waals surface area contributed by atoms with Crippen LogP contribution in [-0.4, -0.2) is 51.2 Å². The molecule has 2 unspecified atom stereocenters. The van der Waals surface area contributed by atoms with E-state index < -0.39 is 17.8 Å². The van der Waals surface area contributed by atoms with Gasteiger partial charge in [0.15, 0.2) is 0 Å². The summed E-state index contributed by atoms with van der Waals surface area (Å²) in [5.74, 6) is -0.935. The Hall–Kier alpha value is -1.47. The topological polar surface area (TPSA) is 57.7 Å². The molecule has 3 rings (SSSR count). The van der Waals surface area contributed by atoms with Crippen molar-refractivity contribution in [3.63, 3.8) is 0 Å². The normalized spacial score (nSPS) is 26.7. The number of rotatable bonds is 2. The lowest BCUT2D eigenvalue weighted by Crippen LogP contribution is -2.56. The molecule has 0 N–H and O–H groups in total. The molecule has 4 amide bonds. The fourth-order valence-corrected chi connectivity index (χ4v) is 6.26. The van der Waals surface area contributed by atoms with Crippen molar-refractivity contribution < 1.29 is 14.4 Å². The molecule has 0 aromatic rings. The van der Waals surface area contributed by atoms with E-state index in [1.54, 1.807) is 37.4 Å². The third kappa shape index (κ3) is 3.16. The third-order valence-corrected chi connectivity index (χ3v) is 7.71. The average molecular weight is 393 g/mol. The number of nitrogens with zero attached hydrogens (tertiary/aromatic N) is 2. The Balaban J connectivity index is 1.97. The largest absolute Gasteiger partial charge is 0.333 e. The number of hydrogen-bond acceptors (Lipinski definition) is 5. The van der Waals surface area contributed by atoms with E-state index in [0.717, 1.165) is 14.0 Å².